The molecule has 130 valence electrons. The predicted molar refractivity (Wildman–Crippen MR) is 110 cm³/mol. The molecule has 0 aromatic carbocycles. The van der Waals surface area contributed by atoms with Gasteiger partial charge in [0, 0.05) is 42.6 Å². The van der Waals surface area contributed by atoms with Gasteiger partial charge in [0.05, 0.1) is 25.8 Å². The third-order valence-corrected chi connectivity index (χ3v) is 6.04. The molecule has 2 aliphatic rings. The van der Waals surface area contributed by atoms with Crippen LogP contribution in [0.4, 0.5) is 0 Å². The molecule has 2 saturated heterocycles. The number of guanidine groups is 1. The van der Waals surface area contributed by atoms with E-state index in [1.54, 1.807) is 11.3 Å². The third kappa shape index (κ3) is 5.48. The molecule has 2 fully saturated rings. The Morgan fingerprint density at radius 3 is 2.65 bits per heavy atom. The number of hydrogen-bond donors (Lipinski definition) is 1. The average molecular weight is 468 g/mol. The molecule has 2 N–H and O–H groups in total. The highest BCUT2D eigenvalue weighted by Gasteiger charge is 2.23. The normalized spacial score (nSPS) is 21.7. The highest BCUT2D eigenvalue weighted by atomic mass is 127. The lowest BCUT2D eigenvalue weighted by Crippen LogP contribution is -2.44. The van der Waals surface area contributed by atoms with E-state index in [2.05, 4.69) is 27.3 Å². The van der Waals surface area contributed by atoms with Crippen molar-refractivity contribution in [3.63, 3.8) is 0 Å². The largest absolute Gasteiger partial charge is 0.379 e. The Labute approximate surface area is 163 Å². The lowest BCUT2D eigenvalue weighted by Gasteiger charge is -2.33. The molecule has 0 bridgehead atoms. The van der Waals surface area contributed by atoms with Crippen LogP contribution in [-0.2, 0) is 4.74 Å². The van der Waals surface area contributed by atoms with Gasteiger partial charge in [0.25, 0.3) is 0 Å². The average Bonchev–Trinajstić information content (AvgIpc) is 3.11. The molecule has 23 heavy (non-hydrogen) atoms. The monoisotopic (exact) mass is 468 g/mol. The molecule has 0 aliphatic carbocycles. The zero-order valence-electron chi connectivity index (χ0n) is 13.2. The van der Waals surface area contributed by atoms with Crippen molar-refractivity contribution in [1.29, 1.82) is 0 Å². The van der Waals surface area contributed by atoms with Crippen LogP contribution in [0.15, 0.2) is 22.5 Å². The molecule has 1 atom stereocenters. The molecule has 2 aliphatic heterocycles. The zero-order chi connectivity index (χ0) is 15.2. The molecular formula is C15H25IN4OS2. The van der Waals surface area contributed by atoms with E-state index in [9.17, 15) is 0 Å². The fourth-order valence-electron chi connectivity index (χ4n) is 2.83. The standard InChI is InChI=1S/C15H24N4OS2.HI/c16-15(19-5-10-21-11-6-19)17-12-13(14-2-1-9-22-14)18-3-7-20-8-4-18;/h1-2,9,13H,3-8,10-12H2,(H2,16,17);1H. The van der Waals surface area contributed by atoms with E-state index < -0.39 is 0 Å². The minimum absolute atomic E-state index is 0. The number of thioether (sulfide) groups is 1. The van der Waals surface area contributed by atoms with E-state index in [0.29, 0.717) is 12.0 Å². The number of halogens is 1. The summed E-state index contributed by atoms with van der Waals surface area (Å²) in [6, 6.07) is 4.64. The number of ether oxygens (including phenoxy) is 1. The smallest absolute Gasteiger partial charge is 0.191 e. The van der Waals surface area contributed by atoms with Crippen LogP contribution >= 0.6 is 47.1 Å². The number of thiophene rings is 1. The number of hydrogen-bond acceptors (Lipinski definition) is 5. The second kappa shape index (κ2) is 10.1. The lowest BCUT2D eigenvalue weighted by atomic mass is 10.2. The van der Waals surface area contributed by atoms with Crippen molar-refractivity contribution in [1.82, 2.24) is 9.80 Å². The van der Waals surface area contributed by atoms with Crippen LogP contribution in [0.2, 0.25) is 0 Å². The first kappa shape index (κ1) is 19.3. The summed E-state index contributed by atoms with van der Waals surface area (Å²) in [6.45, 7) is 6.32. The molecule has 0 radical (unpaired) electrons. The molecule has 1 aromatic heterocycles. The molecule has 0 amide bonds. The van der Waals surface area contributed by atoms with Gasteiger partial charge in [-0.05, 0) is 11.4 Å². The van der Waals surface area contributed by atoms with Crippen LogP contribution in [0, 0.1) is 0 Å². The summed E-state index contributed by atoms with van der Waals surface area (Å²) >= 11 is 3.79. The first-order valence-electron chi connectivity index (χ1n) is 7.82. The summed E-state index contributed by atoms with van der Waals surface area (Å²) in [6.07, 6.45) is 0. The fraction of sp³-hybridized carbons (Fsp3) is 0.667. The van der Waals surface area contributed by atoms with Gasteiger partial charge in [0.15, 0.2) is 5.96 Å². The number of nitrogens with two attached hydrogens (primary N) is 1. The number of rotatable bonds is 4. The molecule has 3 rings (SSSR count). The molecule has 0 spiro atoms. The number of morpholine rings is 1. The maximum absolute atomic E-state index is 6.21. The molecular weight excluding hydrogens is 443 g/mol. The van der Waals surface area contributed by atoms with Crippen molar-refractivity contribution in [2.45, 2.75) is 6.04 Å². The van der Waals surface area contributed by atoms with Gasteiger partial charge >= 0.3 is 0 Å². The molecule has 5 nitrogen and oxygen atoms in total. The van der Waals surface area contributed by atoms with Crippen molar-refractivity contribution in [3.8, 4) is 0 Å². The second-order valence-electron chi connectivity index (χ2n) is 5.48. The van der Waals surface area contributed by atoms with Gasteiger partial charge in [-0.15, -0.1) is 35.3 Å². The topological polar surface area (TPSA) is 54.1 Å². The Hall–Kier alpha value is -0.0300. The minimum Gasteiger partial charge on any atom is -0.379 e. The number of aliphatic imine (C=N–C) groups is 1. The van der Waals surface area contributed by atoms with Crippen LogP contribution in [0.1, 0.15) is 10.9 Å². The molecule has 3 heterocycles. The minimum atomic E-state index is 0. The Morgan fingerprint density at radius 2 is 2.00 bits per heavy atom. The summed E-state index contributed by atoms with van der Waals surface area (Å²) < 4.78 is 5.48. The zero-order valence-corrected chi connectivity index (χ0v) is 17.2. The maximum atomic E-state index is 6.21. The van der Waals surface area contributed by atoms with Crippen LogP contribution in [0.5, 0.6) is 0 Å². The summed E-state index contributed by atoms with van der Waals surface area (Å²) in [5.74, 6) is 3.00. The third-order valence-electron chi connectivity index (χ3n) is 4.12. The summed E-state index contributed by atoms with van der Waals surface area (Å²) in [4.78, 5) is 10.8. The van der Waals surface area contributed by atoms with Crippen molar-refractivity contribution < 1.29 is 4.74 Å². The van der Waals surface area contributed by atoms with Crippen molar-refractivity contribution >= 4 is 53.0 Å². The fourth-order valence-corrected chi connectivity index (χ4v) is 4.58. The van der Waals surface area contributed by atoms with Crippen LogP contribution in [-0.4, -0.2) is 73.2 Å². The van der Waals surface area contributed by atoms with E-state index in [1.807, 2.05) is 11.8 Å². The number of nitrogens with zero attached hydrogens (tertiary/aromatic N) is 3. The highest BCUT2D eigenvalue weighted by Crippen LogP contribution is 2.26. The Morgan fingerprint density at radius 1 is 1.26 bits per heavy atom. The van der Waals surface area contributed by atoms with Crippen LogP contribution in [0.25, 0.3) is 0 Å². The Balaban J connectivity index is 0.00000192. The quantitative estimate of drug-likeness (QED) is 0.417. The van der Waals surface area contributed by atoms with Gasteiger partial charge in [-0.3, -0.25) is 9.89 Å². The van der Waals surface area contributed by atoms with E-state index in [0.717, 1.165) is 57.4 Å². The maximum Gasteiger partial charge on any atom is 0.191 e. The predicted octanol–water partition coefficient (Wildman–Crippen LogP) is 2.10. The van der Waals surface area contributed by atoms with E-state index in [4.69, 9.17) is 15.5 Å². The first-order valence-corrected chi connectivity index (χ1v) is 9.86. The van der Waals surface area contributed by atoms with Gasteiger partial charge in [-0.25, -0.2) is 0 Å². The van der Waals surface area contributed by atoms with Gasteiger partial charge in [0.1, 0.15) is 0 Å². The van der Waals surface area contributed by atoms with Crippen LogP contribution in [0.3, 0.4) is 0 Å². The molecule has 0 saturated carbocycles. The summed E-state index contributed by atoms with van der Waals surface area (Å²) in [5.41, 5.74) is 6.21. The summed E-state index contributed by atoms with van der Waals surface area (Å²) in [7, 11) is 0. The van der Waals surface area contributed by atoms with E-state index >= 15 is 0 Å². The summed E-state index contributed by atoms with van der Waals surface area (Å²) in [5, 5.41) is 2.14. The van der Waals surface area contributed by atoms with Gasteiger partial charge in [-0.2, -0.15) is 11.8 Å². The molecule has 1 unspecified atom stereocenters. The Bertz CT molecular complexity index is 474. The lowest BCUT2D eigenvalue weighted by molar-refractivity contribution is 0.0186. The van der Waals surface area contributed by atoms with E-state index in [1.165, 1.54) is 4.88 Å². The van der Waals surface area contributed by atoms with Crippen molar-refractivity contribution in [2.75, 3.05) is 57.4 Å². The molecule has 1 aromatic rings. The Kier molecular flexibility index (Phi) is 8.45. The first-order chi connectivity index (χ1) is 10.8. The van der Waals surface area contributed by atoms with Crippen molar-refractivity contribution in [3.05, 3.63) is 22.4 Å². The highest BCUT2D eigenvalue weighted by molar-refractivity contribution is 14.0. The van der Waals surface area contributed by atoms with Gasteiger partial charge < -0.3 is 15.4 Å². The van der Waals surface area contributed by atoms with E-state index in [-0.39, 0.29) is 24.0 Å². The molecule has 8 heteroatoms. The van der Waals surface area contributed by atoms with Gasteiger partial charge in [-0.1, -0.05) is 6.07 Å². The second-order valence-corrected chi connectivity index (χ2v) is 7.68. The SMILES string of the molecule is I.NC(=NCC(c1cccs1)N1CCOCC1)N1CCSCC1. The van der Waals surface area contributed by atoms with Crippen molar-refractivity contribution in [2.24, 2.45) is 10.7 Å². The van der Waals surface area contributed by atoms with Crippen LogP contribution < -0.4 is 5.73 Å². The van der Waals surface area contributed by atoms with Gasteiger partial charge in [0.2, 0.25) is 0 Å².